The second-order valence-corrected chi connectivity index (χ2v) is 6.92. The van der Waals surface area contributed by atoms with Crippen molar-refractivity contribution in [2.24, 2.45) is 5.92 Å². The van der Waals surface area contributed by atoms with Gasteiger partial charge in [-0.05, 0) is 30.9 Å². The molecular weight excluding hydrogens is 330 g/mol. The molecule has 0 atom stereocenters. The Morgan fingerprint density at radius 3 is 2.76 bits per heavy atom. The molecule has 5 heteroatoms. The summed E-state index contributed by atoms with van der Waals surface area (Å²) in [5.41, 5.74) is 1.59. The third-order valence-electron chi connectivity index (χ3n) is 3.91. The average molecular weight is 348 g/mol. The van der Waals surface area contributed by atoms with Crippen LogP contribution in [0.1, 0.15) is 23.2 Å². The summed E-state index contributed by atoms with van der Waals surface area (Å²) >= 11 is 3.58. The molecule has 1 fully saturated rings. The zero-order valence-electron chi connectivity index (χ0n) is 11.9. The Hall–Kier alpha value is -1.62. The fourth-order valence-corrected chi connectivity index (χ4v) is 3.71. The number of rotatable bonds is 4. The lowest BCUT2D eigenvalue weighted by Gasteiger charge is -2.34. The number of halogens is 1. The molecule has 1 saturated carbocycles. The van der Waals surface area contributed by atoms with Crippen LogP contribution in [0.3, 0.4) is 0 Å². The van der Waals surface area contributed by atoms with Gasteiger partial charge in [0.1, 0.15) is 0 Å². The highest BCUT2D eigenvalue weighted by molar-refractivity contribution is 9.09. The van der Waals surface area contributed by atoms with Crippen LogP contribution in [0, 0.1) is 5.92 Å². The number of nitrogens with zero attached hydrogens (tertiary/aromatic N) is 3. The van der Waals surface area contributed by atoms with E-state index in [0.717, 1.165) is 25.1 Å². The van der Waals surface area contributed by atoms with Crippen LogP contribution < -0.4 is 0 Å². The van der Waals surface area contributed by atoms with E-state index in [2.05, 4.69) is 21.0 Å². The molecule has 1 amide bonds. The third kappa shape index (κ3) is 3.18. The zero-order chi connectivity index (χ0) is 14.8. The Kier molecular flexibility index (Phi) is 4.10. The molecule has 0 N–H and O–H groups in total. The summed E-state index contributed by atoms with van der Waals surface area (Å²) in [4.78, 5) is 14.8. The van der Waals surface area contributed by atoms with Gasteiger partial charge in [0.15, 0.2) is 0 Å². The standard InChI is InChI=1S/C16H18BrN3O/c1-19(10-12-7-14(17)8-12)16(21)13-9-18-20(11-13)15-5-3-2-4-6-15/h2-6,9,11-12,14H,7-8,10H2,1H3. The first kappa shape index (κ1) is 14.3. The molecule has 0 unspecified atom stereocenters. The predicted molar refractivity (Wildman–Crippen MR) is 86.0 cm³/mol. The van der Waals surface area contributed by atoms with Crippen LogP contribution in [0.25, 0.3) is 5.69 Å². The summed E-state index contributed by atoms with van der Waals surface area (Å²) in [6.45, 7) is 0.817. The minimum Gasteiger partial charge on any atom is -0.341 e. The van der Waals surface area contributed by atoms with Crippen molar-refractivity contribution in [1.29, 1.82) is 0 Å². The Balaban J connectivity index is 1.66. The molecule has 0 radical (unpaired) electrons. The number of carbonyl (C=O) groups excluding carboxylic acids is 1. The molecular formula is C16H18BrN3O. The number of amides is 1. The number of hydrogen-bond acceptors (Lipinski definition) is 2. The molecule has 110 valence electrons. The molecule has 0 saturated heterocycles. The van der Waals surface area contributed by atoms with E-state index in [1.54, 1.807) is 22.0 Å². The Bertz CT molecular complexity index is 619. The molecule has 0 aliphatic heterocycles. The fourth-order valence-electron chi connectivity index (χ4n) is 2.65. The summed E-state index contributed by atoms with van der Waals surface area (Å²) in [5.74, 6) is 0.655. The molecule has 1 aromatic carbocycles. The molecule has 1 heterocycles. The van der Waals surface area contributed by atoms with Crippen molar-refractivity contribution >= 4 is 21.8 Å². The number of carbonyl (C=O) groups is 1. The Morgan fingerprint density at radius 1 is 1.38 bits per heavy atom. The van der Waals surface area contributed by atoms with Crippen molar-refractivity contribution in [3.05, 3.63) is 48.3 Å². The van der Waals surface area contributed by atoms with Gasteiger partial charge in [0.2, 0.25) is 0 Å². The fraction of sp³-hybridized carbons (Fsp3) is 0.375. The maximum atomic E-state index is 12.4. The van der Waals surface area contributed by atoms with Gasteiger partial charge in [-0.3, -0.25) is 4.79 Å². The Morgan fingerprint density at radius 2 is 2.10 bits per heavy atom. The summed E-state index contributed by atoms with van der Waals surface area (Å²) < 4.78 is 1.74. The minimum atomic E-state index is 0.0372. The Labute approximate surface area is 132 Å². The van der Waals surface area contributed by atoms with Crippen molar-refractivity contribution < 1.29 is 4.79 Å². The molecule has 1 aromatic heterocycles. The van der Waals surface area contributed by atoms with Gasteiger partial charge >= 0.3 is 0 Å². The normalized spacial score (nSPS) is 20.9. The second kappa shape index (κ2) is 6.02. The molecule has 1 aliphatic carbocycles. The molecule has 0 spiro atoms. The molecule has 4 nitrogen and oxygen atoms in total. The zero-order valence-corrected chi connectivity index (χ0v) is 13.5. The highest BCUT2D eigenvalue weighted by Crippen LogP contribution is 2.33. The van der Waals surface area contributed by atoms with Crippen LogP contribution in [0.5, 0.6) is 0 Å². The van der Waals surface area contributed by atoms with Crippen molar-refractivity contribution in [2.75, 3.05) is 13.6 Å². The monoisotopic (exact) mass is 347 g/mol. The number of benzene rings is 1. The van der Waals surface area contributed by atoms with Crippen molar-refractivity contribution in [1.82, 2.24) is 14.7 Å². The summed E-state index contributed by atoms with van der Waals surface area (Å²) in [7, 11) is 1.86. The molecule has 0 bridgehead atoms. The lowest BCUT2D eigenvalue weighted by molar-refractivity contribution is 0.0749. The van der Waals surface area contributed by atoms with Crippen LogP contribution in [0.4, 0.5) is 0 Å². The first-order valence-corrected chi connectivity index (χ1v) is 8.04. The van der Waals surface area contributed by atoms with Gasteiger partial charge in [-0.15, -0.1) is 0 Å². The van der Waals surface area contributed by atoms with E-state index < -0.39 is 0 Å². The van der Waals surface area contributed by atoms with Crippen LogP contribution >= 0.6 is 15.9 Å². The number of alkyl halides is 1. The number of para-hydroxylation sites is 1. The summed E-state index contributed by atoms with van der Waals surface area (Å²) in [5, 5.41) is 4.28. The van der Waals surface area contributed by atoms with E-state index >= 15 is 0 Å². The molecule has 3 rings (SSSR count). The van der Waals surface area contributed by atoms with Gasteiger partial charge in [-0.25, -0.2) is 4.68 Å². The van der Waals surface area contributed by atoms with E-state index in [1.807, 2.05) is 37.4 Å². The maximum absolute atomic E-state index is 12.4. The summed E-state index contributed by atoms with van der Waals surface area (Å²) in [6, 6.07) is 9.81. The van der Waals surface area contributed by atoms with E-state index in [4.69, 9.17) is 0 Å². The SMILES string of the molecule is CN(CC1CC(Br)C1)C(=O)c1cnn(-c2ccccc2)c1. The maximum Gasteiger partial charge on any atom is 0.256 e. The van der Waals surface area contributed by atoms with Crippen LogP contribution in [-0.2, 0) is 0 Å². The number of hydrogen-bond donors (Lipinski definition) is 0. The van der Waals surface area contributed by atoms with Crippen LogP contribution in [-0.4, -0.2) is 39.0 Å². The quantitative estimate of drug-likeness (QED) is 0.797. The third-order valence-corrected chi connectivity index (χ3v) is 4.65. The van der Waals surface area contributed by atoms with Gasteiger partial charge in [-0.2, -0.15) is 5.10 Å². The minimum absolute atomic E-state index is 0.0372. The molecule has 2 aromatic rings. The lowest BCUT2D eigenvalue weighted by Crippen LogP contribution is -2.37. The first-order valence-electron chi connectivity index (χ1n) is 7.13. The van der Waals surface area contributed by atoms with E-state index in [1.165, 1.54) is 0 Å². The molecule has 1 aliphatic rings. The predicted octanol–water partition coefficient (Wildman–Crippen LogP) is 3.12. The lowest BCUT2D eigenvalue weighted by atomic mass is 9.85. The van der Waals surface area contributed by atoms with Gasteiger partial charge in [0.25, 0.3) is 5.91 Å². The average Bonchev–Trinajstić information content (AvgIpc) is 2.95. The highest BCUT2D eigenvalue weighted by Gasteiger charge is 2.29. The van der Waals surface area contributed by atoms with Crippen molar-refractivity contribution in [2.45, 2.75) is 17.7 Å². The van der Waals surface area contributed by atoms with Gasteiger partial charge in [0, 0.05) is 24.6 Å². The van der Waals surface area contributed by atoms with E-state index in [-0.39, 0.29) is 5.91 Å². The van der Waals surface area contributed by atoms with Gasteiger partial charge in [0.05, 0.1) is 17.4 Å². The largest absolute Gasteiger partial charge is 0.341 e. The van der Waals surface area contributed by atoms with Crippen molar-refractivity contribution in [3.8, 4) is 5.69 Å². The van der Waals surface area contributed by atoms with Crippen LogP contribution in [0.15, 0.2) is 42.7 Å². The van der Waals surface area contributed by atoms with Gasteiger partial charge < -0.3 is 4.90 Å². The van der Waals surface area contributed by atoms with E-state index in [9.17, 15) is 4.79 Å². The van der Waals surface area contributed by atoms with Crippen LogP contribution in [0.2, 0.25) is 0 Å². The van der Waals surface area contributed by atoms with Gasteiger partial charge in [-0.1, -0.05) is 34.1 Å². The first-order chi connectivity index (χ1) is 10.1. The van der Waals surface area contributed by atoms with E-state index in [0.29, 0.717) is 16.3 Å². The molecule has 21 heavy (non-hydrogen) atoms. The summed E-state index contributed by atoms with van der Waals surface area (Å²) in [6.07, 6.45) is 5.74. The topological polar surface area (TPSA) is 38.1 Å². The number of aromatic nitrogens is 2. The second-order valence-electron chi connectivity index (χ2n) is 5.63. The smallest absolute Gasteiger partial charge is 0.256 e. The highest BCUT2D eigenvalue weighted by atomic mass is 79.9. The van der Waals surface area contributed by atoms with Crippen molar-refractivity contribution in [3.63, 3.8) is 0 Å².